The number of alkyl halides is 2. The highest BCUT2D eigenvalue weighted by Crippen LogP contribution is 2.72. The summed E-state index contributed by atoms with van der Waals surface area (Å²) in [6.45, 7) is 5.84. The van der Waals surface area contributed by atoms with E-state index < -0.39 is 93.0 Å². The van der Waals surface area contributed by atoms with Crippen LogP contribution in [0.3, 0.4) is 0 Å². The molecule has 0 amide bonds. The van der Waals surface area contributed by atoms with Gasteiger partial charge in [-0.05, 0) is 113 Å². The molecule has 0 aromatic rings. The number of carbonyl (C=O) groups excluding carboxylic acids is 4. The van der Waals surface area contributed by atoms with Gasteiger partial charge >= 0.3 is 0 Å². The number of hydrogen-bond donors (Lipinski definition) is 6. The minimum absolute atomic E-state index is 0.00314. The maximum absolute atomic E-state index is 16.8. The first-order valence-corrected chi connectivity index (χ1v) is 20.6. The van der Waals surface area contributed by atoms with Gasteiger partial charge in [0.25, 0.3) is 0 Å². The van der Waals surface area contributed by atoms with Crippen molar-refractivity contribution in [3.05, 3.63) is 0 Å². The van der Waals surface area contributed by atoms with Crippen LogP contribution in [0.4, 0.5) is 8.78 Å². The van der Waals surface area contributed by atoms with Gasteiger partial charge in [-0.25, -0.2) is 8.78 Å². The van der Waals surface area contributed by atoms with Crippen LogP contribution in [0.5, 0.6) is 0 Å². The minimum Gasteiger partial charge on any atom is -0.390 e. The van der Waals surface area contributed by atoms with E-state index in [0.29, 0.717) is 64.2 Å². The Labute approximate surface area is 316 Å². The van der Waals surface area contributed by atoms with Crippen LogP contribution in [0.15, 0.2) is 0 Å². The molecule has 0 unspecified atom stereocenters. The SMILES string of the molecule is C[C@]12CCC(=O)C[C@H]1CC[C@H]1[C@@H]3CC[C@](O)(C(=O)CO)[C@@]3(C)C[C@H](O)[C@@]12F.C[C@]12CCC(=O)C[C@H]1CC[C@H]1[C@@H]3CC[C@](O)(C(=O)CO)[C@@]3(C)C[C@H](O)[C@@]12F. The Hall–Kier alpha value is -1.70. The lowest BCUT2D eigenvalue weighted by atomic mass is 9.42. The van der Waals surface area contributed by atoms with Crippen molar-refractivity contribution in [1.82, 2.24) is 0 Å². The van der Waals surface area contributed by atoms with Crippen molar-refractivity contribution < 1.29 is 58.6 Å². The van der Waals surface area contributed by atoms with Gasteiger partial charge in [0.15, 0.2) is 11.6 Å². The van der Waals surface area contributed by atoms with Gasteiger partial charge in [-0.1, -0.05) is 27.7 Å². The zero-order valence-corrected chi connectivity index (χ0v) is 32.4. The highest BCUT2D eigenvalue weighted by Gasteiger charge is 2.76. The molecule has 54 heavy (non-hydrogen) atoms. The second kappa shape index (κ2) is 12.9. The first-order chi connectivity index (χ1) is 25.1. The van der Waals surface area contributed by atoms with Gasteiger partial charge in [-0.3, -0.25) is 19.2 Å². The fourth-order valence-corrected chi connectivity index (χ4v) is 15.3. The number of carbonyl (C=O) groups is 4. The number of halogens is 2. The molecule has 0 aromatic carbocycles. The second-order valence-electron chi connectivity index (χ2n) is 20.1. The van der Waals surface area contributed by atoms with E-state index in [1.807, 2.05) is 13.8 Å². The average molecular weight is 765 g/mol. The van der Waals surface area contributed by atoms with Crippen molar-refractivity contribution in [2.75, 3.05) is 13.2 Å². The molecule has 8 aliphatic rings. The molecule has 0 aromatic heterocycles. The van der Waals surface area contributed by atoms with E-state index in [0.717, 1.165) is 12.8 Å². The minimum atomic E-state index is -1.81. The van der Waals surface area contributed by atoms with Crippen molar-refractivity contribution in [1.29, 1.82) is 0 Å². The first kappa shape index (κ1) is 40.5. The summed E-state index contributed by atoms with van der Waals surface area (Å²) in [5.41, 5.74) is -10.5. The van der Waals surface area contributed by atoms with Crippen molar-refractivity contribution in [3.63, 3.8) is 0 Å². The van der Waals surface area contributed by atoms with Crippen LogP contribution in [0, 0.1) is 57.2 Å². The number of hydrogen-bond acceptors (Lipinski definition) is 10. The summed E-state index contributed by atoms with van der Waals surface area (Å²) in [5, 5.41) is 63.2. The van der Waals surface area contributed by atoms with Gasteiger partial charge in [-0.15, -0.1) is 0 Å². The van der Waals surface area contributed by atoms with Crippen LogP contribution in [-0.4, -0.2) is 102 Å². The molecule has 10 nitrogen and oxygen atoms in total. The number of Topliss-reactive ketones (excluding diaryl/α,β-unsaturated/α-hetero) is 4. The molecule has 16 atom stereocenters. The molecule has 0 spiro atoms. The van der Waals surface area contributed by atoms with Crippen LogP contribution in [0.25, 0.3) is 0 Å². The van der Waals surface area contributed by atoms with Gasteiger partial charge < -0.3 is 30.6 Å². The largest absolute Gasteiger partial charge is 0.390 e. The van der Waals surface area contributed by atoms with Crippen molar-refractivity contribution >= 4 is 23.1 Å². The Morgan fingerprint density at radius 3 is 1.26 bits per heavy atom. The van der Waals surface area contributed by atoms with Crippen molar-refractivity contribution in [2.45, 2.75) is 165 Å². The van der Waals surface area contributed by atoms with Gasteiger partial charge in [-0.2, -0.15) is 0 Å². The van der Waals surface area contributed by atoms with Crippen molar-refractivity contribution in [2.24, 2.45) is 57.2 Å². The maximum Gasteiger partial charge on any atom is 0.190 e. The third kappa shape index (κ3) is 4.88. The van der Waals surface area contributed by atoms with E-state index in [4.69, 9.17) is 0 Å². The van der Waals surface area contributed by atoms with E-state index in [1.165, 1.54) is 0 Å². The Balaban J connectivity index is 0.000000167. The van der Waals surface area contributed by atoms with E-state index in [1.54, 1.807) is 13.8 Å². The van der Waals surface area contributed by atoms with E-state index in [-0.39, 0.29) is 60.9 Å². The van der Waals surface area contributed by atoms with Gasteiger partial charge in [0.1, 0.15) is 47.3 Å². The number of rotatable bonds is 4. The third-order valence-electron chi connectivity index (χ3n) is 18.6. The molecule has 0 saturated heterocycles. The molecule has 6 N–H and O–H groups in total. The second-order valence-corrected chi connectivity index (χ2v) is 20.1. The average Bonchev–Trinajstić information content (AvgIpc) is 3.55. The monoisotopic (exact) mass is 764 g/mol. The van der Waals surface area contributed by atoms with Gasteiger partial charge in [0.05, 0.1) is 12.2 Å². The number of ketones is 4. The third-order valence-corrected chi connectivity index (χ3v) is 18.6. The highest BCUT2D eigenvalue weighted by molar-refractivity contribution is 5.90. The summed E-state index contributed by atoms with van der Waals surface area (Å²) in [6.07, 6.45) is 3.83. The predicted molar refractivity (Wildman–Crippen MR) is 191 cm³/mol. The molecular formula is C42H62F2O10. The van der Waals surface area contributed by atoms with Gasteiger partial charge in [0.2, 0.25) is 0 Å². The topological polar surface area (TPSA) is 190 Å². The predicted octanol–water partition coefficient (Wildman–Crippen LogP) is 3.91. The molecule has 0 aliphatic heterocycles. The van der Waals surface area contributed by atoms with E-state index >= 15 is 8.78 Å². The molecular weight excluding hydrogens is 702 g/mol. The Morgan fingerprint density at radius 1 is 0.574 bits per heavy atom. The van der Waals surface area contributed by atoms with Crippen LogP contribution in [-0.2, 0) is 19.2 Å². The van der Waals surface area contributed by atoms with E-state index in [9.17, 15) is 49.8 Å². The summed E-state index contributed by atoms with van der Waals surface area (Å²) in [6, 6.07) is 0. The fourth-order valence-electron chi connectivity index (χ4n) is 15.3. The fraction of sp³-hybridized carbons (Fsp3) is 0.905. The zero-order chi connectivity index (χ0) is 39.7. The molecule has 8 saturated carbocycles. The lowest BCUT2D eigenvalue weighted by Gasteiger charge is -2.65. The molecule has 12 heteroatoms. The molecule has 8 rings (SSSR count). The quantitative estimate of drug-likeness (QED) is 0.245. The number of fused-ring (bicyclic) bond motifs is 10. The molecule has 0 heterocycles. The summed E-state index contributed by atoms with van der Waals surface area (Å²) in [4.78, 5) is 48.6. The zero-order valence-electron chi connectivity index (χ0n) is 32.4. The van der Waals surface area contributed by atoms with Crippen LogP contribution in [0.2, 0.25) is 0 Å². The normalized spacial score (nSPS) is 54.8. The summed E-state index contributed by atoms with van der Waals surface area (Å²) in [7, 11) is 0. The van der Waals surface area contributed by atoms with Crippen LogP contribution >= 0.6 is 0 Å². The molecule has 8 aliphatic carbocycles. The lowest BCUT2D eigenvalue weighted by molar-refractivity contribution is -0.254. The van der Waals surface area contributed by atoms with E-state index in [2.05, 4.69) is 0 Å². The number of aliphatic hydroxyl groups is 6. The smallest absolute Gasteiger partial charge is 0.190 e. The highest BCUT2D eigenvalue weighted by atomic mass is 19.1. The summed E-state index contributed by atoms with van der Waals surface area (Å²) in [5.74, 6) is -2.34. The summed E-state index contributed by atoms with van der Waals surface area (Å²) < 4.78 is 33.6. The Kier molecular flexibility index (Phi) is 9.68. The first-order valence-electron chi connectivity index (χ1n) is 20.6. The summed E-state index contributed by atoms with van der Waals surface area (Å²) >= 11 is 0. The molecule has 304 valence electrons. The standard InChI is InChI=1S/2C21H31FO5/c2*1-18-7-5-13(24)9-12(18)3-4-15-14-6-8-20(27,17(26)11-23)19(14,2)10-16(25)21(15,18)22/h2*12,14-16,23,25,27H,3-11H2,1-2H3/t2*12-,14+,15+,16+,18+,19+,20+,21+/m11/s1. The molecule has 0 bridgehead atoms. The molecule has 8 fully saturated rings. The van der Waals surface area contributed by atoms with Crippen molar-refractivity contribution in [3.8, 4) is 0 Å². The van der Waals surface area contributed by atoms with Crippen LogP contribution in [0.1, 0.15) is 130 Å². The van der Waals surface area contributed by atoms with Crippen LogP contribution < -0.4 is 0 Å². The molecule has 0 radical (unpaired) electrons. The maximum atomic E-state index is 16.8. The Bertz CT molecular complexity index is 1480. The Morgan fingerprint density at radius 2 is 0.926 bits per heavy atom. The lowest BCUT2D eigenvalue weighted by Crippen LogP contribution is -2.71. The van der Waals surface area contributed by atoms with Gasteiger partial charge in [0, 0.05) is 47.3 Å². The number of aliphatic hydroxyl groups excluding tert-OH is 4.